The number of primary amides is 2. The minimum Gasteiger partial charge on any atom is -0.366 e. The van der Waals surface area contributed by atoms with E-state index in [9.17, 15) is 9.59 Å². The molecule has 0 aliphatic carbocycles. The Bertz CT molecular complexity index is 708. The zero-order valence-corrected chi connectivity index (χ0v) is 12.9. The summed E-state index contributed by atoms with van der Waals surface area (Å²) in [6.07, 6.45) is 5.08. The van der Waals surface area contributed by atoms with Crippen molar-refractivity contribution in [3.05, 3.63) is 47.0 Å². The summed E-state index contributed by atoms with van der Waals surface area (Å²) < 4.78 is 0. The van der Waals surface area contributed by atoms with Crippen molar-refractivity contribution in [2.24, 2.45) is 11.5 Å². The molecule has 116 valence electrons. The van der Waals surface area contributed by atoms with Crippen LogP contribution in [0.2, 0.25) is 0 Å². The highest BCUT2D eigenvalue weighted by atomic mass is 16.2. The van der Waals surface area contributed by atoms with E-state index in [-0.39, 0.29) is 11.1 Å². The summed E-state index contributed by atoms with van der Waals surface area (Å²) in [5.74, 6) is -1.20. The highest BCUT2D eigenvalue weighted by Crippen LogP contribution is 2.27. The topological polar surface area (TPSA) is 86.2 Å². The lowest BCUT2D eigenvalue weighted by molar-refractivity contribution is 0.0967. The van der Waals surface area contributed by atoms with E-state index in [0.717, 1.165) is 43.1 Å². The molecule has 4 heteroatoms. The third-order valence-electron chi connectivity index (χ3n) is 3.92. The first kappa shape index (κ1) is 16.0. The number of benzene rings is 2. The number of fused-ring (bicyclic) bond motifs is 1. The molecular weight excluding hydrogens is 276 g/mol. The number of unbranched alkanes of at least 4 members (excludes halogenated alkanes) is 3. The van der Waals surface area contributed by atoms with Crippen LogP contribution in [0.3, 0.4) is 0 Å². The summed E-state index contributed by atoms with van der Waals surface area (Å²) in [4.78, 5) is 23.8. The van der Waals surface area contributed by atoms with Gasteiger partial charge in [-0.05, 0) is 29.2 Å². The van der Waals surface area contributed by atoms with Crippen molar-refractivity contribution in [3.8, 4) is 0 Å². The maximum atomic E-state index is 11.9. The Morgan fingerprint density at radius 2 is 1.64 bits per heavy atom. The molecule has 0 atom stereocenters. The molecule has 0 saturated carbocycles. The molecule has 0 bridgehead atoms. The number of amides is 2. The standard InChI is InChI=1S/C18H22N2O2/c1-2-3-4-5-9-13-11-12-8-6-7-10-14(12)16(18(20)22)15(13)17(19)21/h6-8,10-11H,2-5,9H2,1H3,(H2,19,21)(H2,20,22). The number of hydrogen-bond donors (Lipinski definition) is 2. The Labute approximate surface area is 130 Å². The summed E-state index contributed by atoms with van der Waals surface area (Å²) in [6.45, 7) is 2.15. The van der Waals surface area contributed by atoms with Crippen LogP contribution in [0.4, 0.5) is 0 Å². The molecule has 0 aliphatic rings. The van der Waals surface area contributed by atoms with Gasteiger partial charge in [-0.2, -0.15) is 0 Å². The molecule has 0 aromatic heterocycles. The number of rotatable bonds is 7. The van der Waals surface area contributed by atoms with E-state index in [1.165, 1.54) is 0 Å². The fourth-order valence-electron chi connectivity index (χ4n) is 2.88. The first-order valence-electron chi connectivity index (χ1n) is 7.70. The van der Waals surface area contributed by atoms with Gasteiger partial charge >= 0.3 is 0 Å². The molecule has 0 spiro atoms. The van der Waals surface area contributed by atoms with Crippen LogP contribution in [-0.4, -0.2) is 11.8 Å². The lowest BCUT2D eigenvalue weighted by Crippen LogP contribution is -2.23. The molecule has 0 heterocycles. The first-order chi connectivity index (χ1) is 10.6. The van der Waals surface area contributed by atoms with Crippen molar-refractivity contribution in [1.82, 2.24) is 0 Å². The maximum Gasteiger partial charge on any atom is 0.250 e. The Morgan fingerprint density at radius 3 is 2.27 bits per heavy atom. The normalized spacial score (nSPS) is 10.8. The monoisotopic (exact) mass is 298 g/mol. The van der Waals surface area contributed by atoms with Gasteiger partial charge in [0.2, 0.25) is 11.8 Å². The molecule has 0 saturated heterocycles. The highest BCUT2D eigenvalue weighted by Gasteiger charge is 2.20. The summed E-state index contributed by atoms with van der Waals surface area (Å²) in [5, 5.41) is 1.59. The van der Waals surface area contributed by atoms with Crippen LogP contribution in [-0.2, 0) is 6.42 Å². The lowest BCUT2D eigenvalue weighted by Gasteiger charge is -2.14. The molecule has 2 amide bonds. The van der Waals surface area contributed by atoms with E-state index in [2.05, 4.69) is 6.92 Å². The van der Waals surface area contributed by atoms with Gasteiger partial charge in [-0.1, -0.05) is 56.5 Å². The number of carbonyl (C=O) groups excluding carboxylic acids is 2. The molecular formula is C18H22N2O2. The van der Waals surface area contributed by atoms with E-state index in [1.54, 1.807) is 6.07 Å². The summed E-state index contributed by atoms with van der Waals surface area (Å²) >= 11 is 0. The second-order valence-corrected chi connectivity index (χ2v) is 5.55. The molecule has 0 fully saturated rings. The van der Waals surface area contributed by atoms with Gasteiger partial charge < -0.3 is 11.5 Å². The Kier molecular flexibility index (Phi) is 5.15. The number of carbonyl (C=O) groups is 2. The maximum absolute atomic E-state index is 11.9. The van der Waals surface area contributed by atoms with Gasteiger partial charge in [-0.15, -0.1) is 0 Å². The number of hydrogen-bond acceptors (Lipinski definition) is 2. The smallest absolute Gasteiger partial charge is 0.250 e. The van der Waals surface area contributed by atoms with Crippen molar-refractivity contribution in [1.29, 1.82) is 0 Å². The Balaban J connectivity index is 2.56. The van der Waals surface area contributed by atoms with Crippen molar-refractivity contribution in [3.63, 3.8) is 0 Å². The van der Waals surface area contributed by atoms with Crippen LogP contribution in [0.25, 0.3) is 10.8 Å². The zero-order chi connectivity index (χ0) is 16.1. The predicted molar refractivity (Wildman–Crippen MR) is 88.8 cm³/mol. The molecule has 4 N–H and O–H groups in total. The average molecular weight is 298 g/mol. The molecule has 0 aliphatic heterocycles. The number of aryl methyl sites for hydroxylation is 1. The second-order valence-electron chi connectivity index (χ2n) is 5.55. The quantitative estimate of drug-likeness (QED) is 0.769. The first-order valence-corrected chi connectivity index (χ1v) is 7.70. The minimum absolute atomic E-state index is 0.246. The van der Waals surface area contributed by atoms with Gasteiger partial charge in [0.25, 0.3) is 0 Å². The SMILES string of the molecule is CCCCCCc1cc2ccccc2c(C(N)=O)c1C(N)=O. The predicted octanol–water partition coefficient (Wildman–Crippen LogP) is 3.16. The summed E-state index contributed by atoms with van der Waals surface area (Å²) in [7, 11) is 0. The van der Waals surface area contributed by atoms with Crippen molar-refractivity contribution in [2.75, 3.05) is 0 Å². The van der Waals surface area contributed by atoms with Gasteiger partial charge in [0.05, 0.1) is 11.1 Å². The van der Waals surface area contributed by atoms with Crippen LogP contribution in [0, 0.1) is 0 Å². The Hall–Kier alpha value is -2.36. The second kappa shape index (κ2) is 7.07. The number of nitrogens with two attached hydrogens (primary N) is 2. The van der Waals surface area contributed by atoms with Crippen LogP contribution in [0.5, 0.6) is 0 Å². The van der Waals surface area contributed by atoms with Crippen LogP contribution < -0.4 is 11.5 Å². The molecule has 2 rings (SSSR count). The van der Waals surface area contributed by atoms with Crippen LogP contribution >= 0.6 is 0 Å². The van der Waals surface area contributed by atoms with Gasteiger partial charge in [0.15, 0.2) is 0 Å². The average Bonchev–Trinajstić information content (AvgIpc) is 2.49. The third-order valence-corrected chi connectivity index (χ3v) is 3.92. The Morgan fingerprint density at radius 1 is 0.955 bits per heavy atom. The molecule has 0 unspecified atom stereocenters. The molecule has 2 aromatic carbocycles. The van der Waals surface area contributed by atoms with Crippen LogP contribution in [0.1, 0.15) is 58.9 Å². The van der Waals surface area contributed by atoms with E-state index >= 15 is 0 Å². The van der Waals surface area contributed by atoms with E-state index in [4.69, 9.17) is 11.5 Å². The zero-order valence-electron chi connectivity index (χ0n) is 12.9. The summed E-state index contributed by atoms with van der Waals surface area (Å²) in [5.41, 5.74) is 12.4. The van der Waals surface area contributed by atoms with Crippen LogP contribution in [0.15, 0.2) is 30.3 Å². The van der Waals surface area contributed by atoms with Gasteiger partial charge in [-0.3, -0.25) is 9.59 Å². The highest BCUT2D eigenvalue weighted by molar-refractivity contribution is 6.15. The molecule has 22 heavy (non-hydrogen) atoms. The van der Waals surface area contributed by atoms with E-state index in [0.29, 0.717) is 5.39 Å². The summed E-state index contributed by atoms with van der Waals surface area (Å²) in [6, 6.07) is 9.39. The van der Waals surface area contributed by atoms with E-state index < -0.39 is 11.8 Å². The lowest BCUT2D eigenvalue weighted by atomic mass is 9.90. The van der Waals surface area contributed by atoms with Gasteiger partial charge in [0, 0.05) is 0 Å². The van der Waals surface area contributed by atoms with Gasteiger partial charge in [-0.25, -0.2) is 0 Å². The van der Waals surface area contributed by atoms with Crippen molar-refractivity contribution < 1.29 is 9.59 Å². The third kappa shape index (κ3) is 3.27. The molecule has 4 nitrogen and oxygen atoms in total. The van der Waals surface area contributed by atoms with Gasteiger partial charge in [0.1, 0.15) is 0 Å². The van der Waals surface area contributed by atoms with Crippen molar-refractivity contribution in [2.45, 2.75) is 39.0 Å². The van der Waals surface area contributed by atoms with Crippen molar-refractivity contribution >= 4 is 22.6 Å². The fraction of sp³-hybridized carbons (Fsp3) is 0.333. The largest absolute Gasteiger partial charge is 0.366 e. The minimum atomic E-state index is -0.611. The fourth-order valence-corrected chi connectivity index (χ4v) is 2.88. The molecule has 2 aromatic rings. The van der Waals surface area contributed by atoms with E-state index in [1.807, 2.05) is 24.3 Å². The molecule has 0 radical (unpaired) electrons.